The van der Waals surface area contributed by atoms with Gasteiger partial charge in [0, 0.05) is 39.1 Å². The summed E-state index contributed by atoms with van der Waals surface area (Å²) in [5.74, 6) is -0.188. The van der Waals surface area contributed by atoms with E-state index in [-0.39, 0.29) is 36.5 Å². The number of hydrogen-bond donors (Lipinski definition) is 2. The highest BCUT2D eigenvalue weighted by Gasteiger charge is 2.25. The van der Waals surface area contributed by atoms with Crippen LogP contribution in [-0.2, 0) is 9.59 Å². The molecule has 0 bridgehead atoms. The van der Waals surface area contributed by atoms with Gasteiger partial charge < -0.3 is 10.2 Å². The first-order valence-electron chi connectivity index (χ1n) is 9.02. The van der Waals surface area contributed by atoms with Gasteiger partial charge in [0.1, 0.15) is 0 Å². The molecule has 2 rings (SSSR count). The number of urea groups is 1. The monoisotopic (exact) mass is 338 g/mol. The van der Waals surface area contributed by atoms with Gasteiger partial charge in [-0.1, -0.05) is 19.3 Å². The van der Waals surface area contributed by atoms with E-state index in [0.29, 0.717) is 0 Å². The predicted molar refractivity (Wildman–Crippen MR) is 91.5 cm³/mol. The second-order valence-electron chi connectivity index (χ2n) is 6.99. The van der Waals surface area contributed by atoms with Crippen molar-refractivity contribution in [3.8, 4) is 0 Å². The number of carbonyl (C=O) groups excluding carboxylic acids is 3. The van der Waals surface area contributed by atoms with Crippen LogP contribution in [0.15, 0.2) is 0 Å². The molecule has 1 saturated carbocycles. The molecular weight excluding hydrogens is 308 g/mol. The van der Waals surface area contributed by atoms with Crippen molar-refractivity contribution in [2.24, 2.45) is 0 Å². The number of nitrogens with zero attached hydrogens (tertiary/aromatic N) is 2. The summed E-state index contributed by atoms with van der Waals surface area (Å²) in [6.07, 6.45) is 7.23. The van der Waals surface area contributed by atoms with Crippen molar-refractivity contribution in [1.29, 1.82) is 0 Å². The molecule has 0 aromatic carbocycles. The number of carbonyl (C=O) groups is 3. The van der Waals surface area contributed by atoms with Crippen molar-refractivity contribution in [2.75, 3.05) is 26.7 Å². The summed E-state index contributed by atoms with van der Waals surface area (Å²) in [5, 5.41) is 5.32. The molecule has 1 aliphatic carbocycles. The lowest BCUT2D eigenvalue weighted by Crippen LogP contribution is -2.50. The van der Waals surface area contributed by atoms with Crippen LogP contribution in [-0.4, -0.2) is 66.4 Å². The van der Waals surface area contributed by atoms with Crippen LogP contribution < -0.4 is 10.6 Å². The number of rotatable bonds is 4. The fourth-order valence-electron chi connectivity index (χ4n) is 3.56. The standard InChI is InChI=1S/C17H30N4O3/c1-13(22)20(2)15-8-10-21(11-9-15)12-16(23)19-17(24)18-14-6-4-3-5-7-14/h14-15H,3-12H2,1-2H3,(H2,18,19,23,24). The third-order valence-electron chi connectivity index (χ3n) is 5.16. The molecule has 0 aromatic heterocycles. The minimum absolute atomic E-state index is 0.0746. The van der Waals surface area contributed by atoms with Crippen molar-refractivity contribution in [2.45, 2.75) is 64.0 Å². The lowest BCUT2D eigenvalue weighted by molar-refractivity contribution is -0.131. The normalized spacial score (nSPS) is 20.4. The fourth-order valence-corrected chi connectivity index (χ4v) is 3.56. The second-order valence-corrected chi connectivity index (χ2v) is 6.99. The first-order chi connectivity index (χ1) is 11.5. The zero-order chi connectivity index (χ0) is 17.5. The topological polar surface area (TPSA) is 81.8 Å². The van der Waals surface area contributed by atoms with Gasteiger partial charge in [-0.15, -0.1) is 0 Å². The van der Waals surface area contributed by atoms with Crippen LogP contribution in [0.25, 0.3) is 0 Å². The first-order valence-corrected chi connectivity index (χ1v) is 9.02. The molecule has 2 aliphatic rings. The smallest absolute Gasteiger partial charge is 0.321 e. The van der Waals surface area contributed by atoms with E-state index < -0.39 is 0 Å². The molecule has 24 heavy (non-hydrogen) atoms. The SMILES string of the molecule is CC(=O)N(C)C1CCN(CC(=O)NC(=O)NC2CCCCC2)CC1. The van der Waals surface area contributed by atoms with Crippen molar-refractivity contribution >= 4 is 17.8 Å². The Morgan fingerprint density at radius 3 is 2.25 bits per heavy atom. The summed E-state index contributed by atoms with van der Waals surface area (Å²) in [6.45, 7) is 3.33. The van der Waals surface area contributed by atoms with Crippen LogP contribution in [0.5, 0.6) is 0 Å². The summed E-state index contributed by atoms with van der Waals surface area (Å²) in [7, 11) is 1.82. The van der Waals surface area contributed by atoms with Crippen molar-refractivity contribution in [3.05, 3.63) is 0 Å². The van der Waals surface area contributed by atoms with E-state index in [1.54, 1.807) is 11.8 Å². The molecule has 2 N–H and O–H groups in total. The lowest BCUT2D eigenvalue weighted by Gasteiger charge is -2.36. The van der Waals surface area contributed by atoms with Crippen LogP contribution in [0.4, 0.5) is 4.79 Å². The van der Waals surface area contributed by atoms with E-state index in [1.165, 1.54) is 6.42 Å². The summed E-state index contributed by atoms with van der Waals surface area (Å²) in [4.78, 5) is 39.1. The maximum Gasteiger partial charge on any atom is 0.321 e. The molecule has 4 amide bonds. The fraction of sp³-hybridized carbons (Fsp3) is 0.824. The number of imide groups is 1. The van der Waals surface area contributed by atoms with Crippen LogP contribution >= 0.6 is 0 Å². The molecule has 0 aromatic rings. The Bertz CT molecular complexity index is 455. The molecule has 2 fully saturated rings. The van der Waals surface area contributed by atoms with Gasteiger partial charge in [0.05, 0.1) is 6.54 Å². The molecule has 0 spiro atoms. The Hall–Kier alpha value is -1.63. The molecule has 0 radical (unpaired) electrons. The molecular formula is C17H30N4O3. The first kappa shape index (κ1) is 18.7. The van der Waals surface area contributed by atoms with Crippen LogP contribution in [0.3, 0.4) is 0 Å². The number of nitrogens with one attached hydrogen (secondary N) is 2. The molecule has 136 valence electrons. The van der Waals surface area contributed by atoms with Gasteiger partial charge in [-0.05, 0) is 25.7 Å². The Labute approximate surface area is 144 Å². The van der Waals surface area contributed by atoms with Crippen LogP contribution in [0.2, 0.25) is 0 Å². The van der Waals surface area contributed by atoms with E-state index >= 15 is 0 Å². The van der Waals surface area contributed by atoms with Crippen LogP contribution in [0.1, 0.15) is 51.9 Å². The summed E-state index contributed by atoms with van der Waals surface area (Å²) in [5.41, 5.74) is 0. The molecule has 7 heteroatoms. The summed E-state index contributed by atoms with van der Waals surface area (Å²) in [6, 6.07) is 0.0684. The number of amides is 4. The van der Waals surface area contributed by atoms with E-state index in [1.807, 2.05) is 11.9 Å². The lowest BCUT2D eigenvalue weighted by atomic mass is 9.96. The summed E-state index contributed by atoms with van der Waals surface area (Å²) >= 11 is 0. The second kappa shape index (κ2) is 9.01. The Kier molecular flexibility index (Phi) is 7.02. The third-order valence-corrected chi connectivity index (χ3v) is 5.16. The average molecular weight is 338 g/mol. The largest absolute Gasteiger partial charge is 0.343 e. The molecule has 1 saturated heterocycles. The van der Waals surface area contributed by atoms with Gasteiger partial charge in [-0.3, -0.25) is 19.8 Å². The molecule has 7 nitrogen and oxygen atoms in total. The summed E-state index contributed by atoms with van der Waals surface area (Å²) < 4.78 is 0. The van der Waals surface area contributed by atoms with Crippen molar-refractivity contribution in [1.82, 2.24) is 20.4 Å². The highest BCUT2D eigenvalue weighted by molar-refractivity contribution is 5.95. The van der Waals surface area contributed by atoms with Gasteiger partial charge in [-0.2, -0.15) is 0 Å². The predicted octanol–water partition coefficient (Wildman–Crippen LogP) is 1.09. The van der Waals surface area contributed by atoms with Gasteiger partial charge in [-0.25, -0.2) is 4.79 Å². The molecule has 0 atom stereocenters. The Morgan fingerprint density at radius 1 is 1.04 bits per heavy atom. The zero-order valence-electron chi connectivity index (χ0n) is 14.8. The van der Waals surface area contributed by atoms with Gasteiger partial charge in [0.25, 0.3) is 0 Å². The van der Waals surface area contributed by atoms with Crippen molar-refractivity contribution < 1.29 is 14.4 Å². The highest BCUT2D eigenvalue weighted by atomic mass is 16.2. The third kappa shape index (κ3) is 5.78. The van der Waals surface area contributed by atoms with E-state index in [9.17, 15) is 14.4 Å². The zero-order valence-corrected chi connectivity index (χ0v) is 14.8. The number of likely N-dealkylation sites (tertiary alicyclic amines) is 1. The van der Waals surface area contributed by atoms with Gasteiger partial charge in [0.2, 0.25) is 11.8 Å². The van der Waals surface area contributed by atoms with Gasteiger partial charge in [0.15, 0.2) is 0 Å². The van der Waals surface area contributed by atoms with E-state index in [0.717, 1.165) is 51.6 Å². The molecule has 0 unspecified atom stereocenters. The van der Waals surface area contributed by atoms with E-state index in [2.05, 4.69) is 10.6 Å². The Morgan fingerprint density at radius 2 is 1.67 bits per heavy atom. The number of piperidine rings is 1. The number of hydrogen-bond acceptors (Lipinski definition) is 4. The van der Waals surface area contributed by atoms with E-state index in [4.69, 9.17) is 0 Å². The quantitative estimate of drug-likeness (QED) is 0.804. The maximum atomic E-state index is 12.0. The minimum atomic E-state index is -0.377. The highest BCUT2D eigenvalue weighted by Crippen LogP contribution is 2.17. The van der Waals surface area contributed by atoms with Gasteiger partial charge >= 0.3 is 6.03 Å². The van der Waals surface area contributed by atoms with Crippen molar-refractivity contribution in [3.63, 3.8) is 0 Å². The Balaban J connectivity index is 1.65. The molecule has 1 heterocycles. The maximum absolute atomic E-state index is 12.0. The molecule has 1 aliphatic heterocycles. The minimum Gasteiger partial charge on any atom is -0.343 e. The van der Waals surface area contributed by atoms with Crippen LogP contribution in [0, 0.1) is 0 Å². The average Bonchev–Trinajstić information content (AvgIpc) is 2.55.